The number of amides is 1. The SMILES string of the molecule is CC(C)[C@](C)(C#N)NC(=O)CSc1nc(C(F)(F)F)nc2ccccc12. The Morgan fingerprint density at radius 1 is 1.31 bits per heavy atom. The van der Waals surface area contributed by atoms with Gasteiger partial charge in [0.2, 0.25) is 11.7 Å². The van der Waals surface area contributed by atoms with E-state index in [4.69, 9.17) is 0 Å². The second-order valence-corrected chi connectivity index (χ2v) is 7.14. The first-order valence-corrected chi connectivity index (χ1v) is 8.74. The lowest BCUT2D eigenvalue weighted by molar-refractivity contribution is -0.145. The molecule has 0 bridgehead atoms. The van der Waals surface area contributed by atoms with Crippen LogP contribution in [0.1, 0.15) is 26.6 Å². The third kappa shape index (κ3) is 4.43. The van der Waals surface area contributed by atoms with E-state index in [1.807, 2.05) is 0 Å². The Kier molecular flexibility index (Phi) is 5.76. The van der Waals surface area contributed by atoms with E-state index in [-0.39, 0.29) is 22.2 Å². The van der Waals surface area contributed by atoms with E-state index in [0.717, 1.165) is 11.8 Å². The molecule has 0 fully saturated rings. The van der Waals surface area contributed by atoms with Gasteiger partial charge in [0.05, 0.1) is 17.3 Å². The van der Waals surface area contributed by atoms with E-state index in [0.29, 0.717) is 5.39 Å². The van der Waals surface area contributed by atoms with Gasteiger partial charge in [-0.2, -0.15) is 18.4 Å². The van der Waals surface area contributed by atoms with E-state index >= 15 is 0 Å². The van der Waals surface area contributed by atoms with E-state index in [1.54, 1.807) is 39.0 Å². The van der Waals surface area contributed by atoms with Crippen LogP contribution in [0, 0.1) is 17.2 Å². The summed E-state index contributed by atoms with van der Waals surface area (Å²) in [4.78, 5) is 19.3. The van der Waals surface area contributed by atoms with E-state index in [1.165, 1.54) is 6.07 Å². The van der Waals surface area contributed by atoms with Gasteiger partial charge in [-0.3, -0.25) is 4.79 Å². The van der Waals surface area contributed by atoms with Crippen LogP contribution in [0.25, 0.3) is 10.9 Å². The monoisotopic (exact) mass is 382 g/mol. The number of nitriles is 1. The highest BCUT2D eigenvalue weighted by Crippen LogP contribution is 2.32. The summed E-state index contributed by atoms with van der Waals surface area (Å²) in [6.07, 6.45) is -4.68. The number of alkyl halides is 3. The number of carbonyl (C=O) groups is 1. The molecule has 2 aromatic rings. The van der Waals surface area contributed by atoms with E-state index in [9.17, 15) is 23.2 Å². The number of fused-ring (bicyclic) bond motifs is 1. The van der Waals surface area contributed by atoms with Gasteiger partial charge in [0.25, 0.3) is 0 Å². The minimum atomic E-state index is -4.68. The number of hydrogen-bond acceptors (Lipinski definition) is 5. The first kappa shape index (κ1) is 20.0. The molecule has 2 rings (SSSR count). The molecule has 0 aliphatic heterocycles. The maximum absolute atomic E-state index is 13.0. The van der Waals surface area contributed by atoms with E-state index in [2.05, 4.69) is 21.4 Å². The van der Waals surface area contributed by atoms with Crippen molar-refractivity contribution in [2.45, 2.75) is 37.5 Å². The predicted molar refractivity (Wildman–Crippen MR) is 92.3 cm³/mol. The van der Waals surface area contributed by atoms with Gasteiger partial charge in [-0.15, -0.1) is 0 Å². The summed E-state index contributed by atoms with van der Waals surface area (Å²) in [7, 11) is 0. The lowest BCUT2D eigenvalue weighted by atomic mass is 9.90. The molecule has 138 valence electrons. The van der Waals surface area contributed by atoms with Crippen LogP contribution < -0.4 is 5.32 Å². The quantitative estimate of drug-likeness (QED) is 0.629. The molecule has 1 amide bonds. The number of nitrogens with one attached hydrogen (secondary N) is 1. The van der Waals surface area contributed by atoms with Gasteiger partial charge < -0.3 is 5.32 Å². The number of aromatic nitrogens is 2. The number of nitrogens with zero attached hydrogens (tertiary/aromatic N) is 3. The molecule has 0 saturated heterocycles. The van der Waals surface area contributed by atoms with Crippen molar-refractivity contribution in [2.24, 2.45) is 5.92 Å². The average Bonchev–Trinajstić information content (AvgIpc) is 2.58. The third-order valence-electron chi connectivity index (χ3n) is 3.95. The summed E-state index contributed by atoms with van der Waals surface area (Å²) in [5.74, 6) is -1.99. The molecule has 0 radical (unpaired) electrons. The zero-order valence-corrected chi connectivity index (χ0v) is 15.2. The highest BCUT2D eigenvalue weighted by molar-refractivity contribution is 8.00. The standard InChI is InChI=1S/C17H17F3N4OS/c1-10(2)16(3,9-21)24-13(25)8-26-14-11-6-4-5-7-12(11)22-15(23-14)17(18,19)20/h4-7,10H,8H2,1-3H3,(H,24,25)/t16-/m0/s1. The molecule has 1 aromatic carbocycles. The van der Waals surface area contributed by atoms with Crippen LogP contribution in [-0.2, 0) is 11.0 Å². The summed E-state index contributed by atoms with van der Waals surface area (Å²) in [6.45, 7) is 5.19. The maximum atomic E-state index is 13.0. The highest BCUT2D eigenvalue weighted by Gasteiger charge is 2.36. The molecule has 1 atom stereocenters. The van der Waals surface area contributed by atoms with Crippen LogP contribution in [-0.4, -0.2) is 27.2 Å². The topological polar surface area (TPSA) is 78.7 Å². The van der Waals surface area contributed by atoms with Gasteiger partial charge in [0.15, 0.2) is 0 Å². The zero-order chi connectivity index (χ0) is 19.5. The molecule has 5 nitrogen and oxygen atoms in total. The fourth-order valence-electron chi connectivity index (χ4n) is 2.05. The molecular weight excluding hydrogens is 365 g/mol. The fourth-order valence-corrected chi connectivity index (χ4v) is 2.86. The van der Waals surface area contributed by atoms with E-state index < -0.39 is 23.4 Å². The van der Waals surface area contributed by atoms with Crippen molar-refractivity contribution in [1.82, 2.24) is 15.3 Å². The van der Waals surface area contributed by atoms with Gasteiger partial charge in [0, 0.05) is 5.39 Å². The first-order chi connectivity index (χ1) is 12.1. The van der Waals surface area contributed by atoms with Crippen LogP contribution in [0.5, 0.6) is 0 Å². The number of benzene rings is 1. The molecule has 0 aliphatic carbocycles. The lowest BCUT2D eigenvalue weighted by Gasteiger charge is -2.27. The number of halogens is 3. The molecule has 1 aromatic heterocycles. The Bertz CT molecular complexity index is 863. The fraction of sp³-hybridized carbons (Fsp3) is 0.412. The van der Waals surface area contributed by atoms with Crippen LogP contribution in [0.3, 0.4) is 0 Å². The summed E-state index contributed by atoms with van der Waals surface area (Å²) >= 11 is 0.879. The minimum Gasteiger partial charge on any atom is -0.337 e. The zero-order valence-electron chi connectivity index (χ0n) is 14.4. The minimum absolute atomic E-state index is 0.0706. The van der Waals surface area contributed by atoms with Crippen molar-refractivity contribution in [2.75, 3.05) is 5.75 Å². The van der Waals surface area contributed by atoms with Crippen molar-refractivity contribution in [3.8, 4) is 6.07 Å². The summed E-state index contributed by atoms with van der Waals surface area (Å²) < 4.78 is 39.0. The van der Waals surface area contributed by atoms with Crippen LogP contribution >= 0.6 is 11.8 Å². The normalized spacial score (nSPS) is 14.1. The average molecular weight is 382 g/mol. The maximum Gasteiger partial charge on any atom is 0.451 e. The second-order valence-electron chi connectivity index (χ2n) is 6.17. The largest absolute Gasteiger partial charge is 0.451 e. The van der Waals surface area contributed by atoms with Crippen molar-refractivity contribution in [3.05, 3.63) is 30.1 Å². The van der Waals surface area contributed by atoms with Gasteiger partial charge in [0.1, 0.15) is 10.6 Å². The third-order valence-corrected chi connectivity index (χ3v) is 4.94. The Balaban J connectivity index is 2.25. The van der Waals surface area contributed by atoms with Gasteiger partial charge in [-0.05, 0) is 18.9 Å². The van der Waals surface area contributed by atoms with Crippen molar-refractivity contribution >= 4 is 28.6 Å². The van der Waals surface area contributed by atoms with Crippen molar-refractivity contribution in [3.63, 3.8) is 0 Å². The van der Waals surface area contributed by atoms with Crippen LogP contribution in [0.4, 0.5) is 13.2 Å². The molecule has 0 unspecified atom stereocenters. The molecule has 9 heteroatoms. The molecule has 0 spiro atoms. The Morgan fingerprint density at radius 3 is 2.54 bits per heavy atom. The van der Waals surface area contributed by atoms with Crippen LogP contribution in [0.2, 0.25) is 0 Å². The summed E-state index contributed by atoms with van der Waals surface area (Å²) in [6, 6.07) is 8.35. The second kappa shape index (κ2) is 7.50. The smallest absolute Gasteiger partial charge is 0.337 e. The van der Waals surface area contributed by atoms with Gasteiger partial charge in [-0.25, -0.2) is 9.97 Å². The van der Waals surface area contributed by atoms with Gasteiger partial charge >= 0.3 is 6.18 Å². The molecule has 0 saturated carbocycles. The molecular formula is C17H17F3N4OS. The molecule has 1 N–H and O–H groups in total. The summed E-state index contributed by atoms with van der Waals surface area (Å²) in [5.41, 5.74) is -0.899. The molecule has 0 aliphatic rings. The van der Waals surface area contributed by atoms with Crippen LogP contribution in [0.15, 0.2) is 29.3 Å². The number of hydrogen-bond donors (Lipinski definition) is 1. The summed E-state index contributed by atoms with van der Waals surface area (Å²) in [5, 5.41) is 12.4. The highest BCUT2D eigenvalue weighted by atomic mass is 32.2. The van der Waals surface area contributed by atoms with Gasteiger partial charge in [-0.1, -0.05) is 43.8 Å². The van der Waals surface area contributed by atoms with Crippen molar-refractivity contribution in [1.29, 1.82) is 5.26 Å². The Morgan fingerprint density at radius 2 is 1.96 bits per heavy atom. The predicted octanol–water partition coefficient (Wildman–Crippen LogP) is 3.80. The first-order valence-electron chi connectivity index (χ1n) is 7.76. The number of carbonyl (C=O) groups excluding carboxylic acids is 1. The number of rotatable bonds is 5. The Labute approximate surface area is 153 Å². The molecule has 1 heterocycles. The Hall–Kier alpha value is -2.34. The number of para-hydroxylation sites is 1. The number of thioether (sulfide) groups is 1. The van der Waals surface area contributed by atoms with Crippen molar-refractivity contribution < 1.29 is 18.0 Å². The lowest BCUT2D eigenvalue weighted by Crippen LogP contribution is -2.49. The molecule has 26 heavy (non-hydrogen) atoms.